The third-order valence-electron chi connectivity index (χ3n) is 5.30. The number of carbonyl (C=O) groups is 1. The number of aryl methyl sites for hydroxylation is 2. The Hall–Kier alpha value is -2.34. The molecule has 0 aliphatic heterocycles. The molecule has 0 saturated carbocycles. The molecule has 1 aliphatic carbocycles. The quantitative estimate of drug-likeness (QED) is 0.380. The van der Waals surface area contributed by atoms with Crippen LogP contribution in [0.3, 0.4) is 0 Å². The Morgan fingerprint density at radius 2 is 2.16 bits per heavy atom. The van der Waals surface area contributed by atoms with Crippen LogP contribution in [0, 0.1) is 17.2 Å². The number of aromatic nitrogens is 2. The molecule has 0 radical (unpaired) electrons. The maximum atomic E-state index is 13.4. The number of nitrogens with one attached hydrogen (secondary N) is 1. The highest BCUT2D eigenvalue weighted by molar-refractivity contribution is 7.99. The van der Waals surface area contributed by atoms with Crippen LogP contribution < -0.4 is 10.9 Å². The second kappa shape index (κ2) is 9.65. The molecule has 0 fully saturated rings. The number of thiophene rings is 1. The van der Waals surface area contributed by atoms with Gasteiger partial charge < -0.3 is 5.32 Å². The lowest BCUT2D eigenvalue weighted by molar-refractivity contribution is -0.113. The highest BCUT2D eigenvalue weighted by atomic mass is 35.5. The van der Waals surface area contributed by atoms with E-state index in [0.717, 1.165) is 35.9 Å². The number of nitriles is 1. The van der Waals surface area contributed by atoms with Gasteiger partial charge in [-0.3, -0.25) is 14.2 Å². The van der Waals surface area contributed by atoms with Crippen LogP contribution in [0.2, 0.25) is 5.02 Å². The Morgan fingerprint density at radius 3 is 2.91 bits per heavy atom. The molecule has 0 unspecified atom stereocenters. The number of anilines is 1. The molecular formula is C23H23ClN4O2S2. The predicted molar refractivity (Wildman–Crippen MR) is 131 cm³/mol. The Kier molecular flexibility index (Phi) is 6.89. The van der Waals surface area contributed by atoms with Crippen molar-refractivity contribution in [1.82, 2.24) is 9.55 Å². The van der Waals surface area contributed by atoms with Crippen molar-refractivity contribution in [2.24, 2.45) is 5.92 Å². The number of hydrogen-bond donors (Lipinski definition) is 1. The monoisotopic (exact) mass is 486 g/mol. The number of hydrogen-bond acceptors (Lipinski definition) is 6. The molecule has 0 spiro atoms. The minimum atomic E-state index is -0.287. The van der Waals surface area contributed by atoms with E-state index in [-0.39, 0.29) is 23.1 Å². The number of rotatable bonds is 6. The molecule has 1 amide bonds. The number of fused-ring (bicyclic) bond motifs is 3. The van der Waals surface area contributed by atoms with E-state index in [1.165, 1.54) is 22.2 Å². The van der Waals surface area contributed by atoms with E-state index in [2.05, 4.69) is 19.2 Å². The standard InChI is InChI=1S/C23H23ClN4O2S2/c1-13(2)11-28-22(30)20-16-5-3-4-6-18(16)32-21(20)27-23(28)31-12-19(29)26-17-9-15(24)8-7-14(17)10-25/h7-9,13H,3-6,11-12H2,1-2H3,(H,26,29). The van der Waals surface area contributed by atoms with Gasteiger partial charge in [0, 0.05) is 16.4 Å². The number of benzene rings is 1. The first-order chi connectivity index (χ1) is 15.4. The van der Waals surface area contributed by atoms with Crippen molar-refractivity contribution in [2.45, 2.75) is 51.2 Å². The zero-order valence-corrected chi connectivity index (χ0v) is 20.3. The van der Waals surface area contributed by atoms with E-state index in [4.69, 9.17) is 16.6 Å². The Labute approximate surface area is 199 Å². The fourth-order valence-corrected chi connectivity index (χ4v) is 6.17. The van der Waals surface area contributed by atoms with Gasteiger partial charge in [0.2, 0.25) is 5.91 Å². The third kappa shape index (κ3) is 4.70. The molecule has 166 valence electrons. The molecule has 4 rings (SSSR count). The van der Waals surface area contributed by atoms with Gasteiger partial charge in [0.15, 0.2) is 5.16 Å². The van der Waals surface area contributed by atoms with Crippen molar-refractivity contribution in [3.8, 4) is 6.07 Å². The van der Waals surface area contributed by atoms with Crippen molar-refractivity contribution < 1.29 is 4.79 Å². The number of halogens is 1. The molecule has 2 heterocycles. The molecule has 32 heavy (non-hydrogen) atoms. The molecule has 6 nitrogen and oxygen atoms in total. The molecule has 1 N–H and O–H groups in total. The maximum absolute atomic E-state index is 13.4. The summed E-state index contributed by atoms with van der Waals surface area (Å²) in [5.41, 5.74) is 1.88. The number of thioether (sulfide) groups is 1. The van der Waals surface area contributed by atoms with Crippen LogP contribution >= 0.6 is 34.7 Å². The zero-order chi connectivity index (χ0) is 22.8. The minimum absolute atomic E-state index is 0.00684. The van der Waals surface area contributed by atoms with E-state index in [0.29, 0.717) is 28.0 Å². The smallest absolute Gasteiger partial charge is 0.263 e. The second-order valence-electron chi connectivity index (χ2n) is 8.23. The van der Waals surface area contributed by atoms with E-state index < -0.39 is 0 Å². The lowest BCUT2D eigenvalue weighted by atomic mass is 9.97. The molecule has 3 aromatic rings. The summed E-state index contributed by atoms with van der Waals surface area (Å²) in [4.78, 5) is 32.9. The van der Waals surface area contributed by atoms with Crippen LogP contribution in [-0.4, -0.2) is 21.2 Å². The molecule has 2 aromatic heterocycles. The molecule has 9 heteroatoms. The minimum Gasteiger partial charge on any atom is -0.324 e. The van der Waals surface area contributed by atoms with E-state index in [1.807, 2.05) is 6.07 Å². The van der Waals surface area contributed by atoms with Crippen LogP contribution in [0.4, 0.5) is 5.69 Å². The topological polar surface area (TPSA) is 87.8 Å². The molecular weight excluding hydrogens is 464 g/mol. The SMILES string of the molecule is CC(C)Cn1c(SCC(=O)Nc2cc(Cl)ccc2C#N)nc2sc3c(c2c1=O)CCCC3. The summed E-state index contributed by atoms with van der Waals surface area (Å²) in [6, 6.07) is 6.78. The van der Waals surface area contributed by atoms with Gasteiger partial charge >= 0.3 is 0 Å². The van der Waals surface area contributed by atoms with Crippen molar-refractivity contribution in [2.75, 3.05) is 11.1 Å². The van der Waals surface area contributed by atoms with Gasteiger partial charge in [-0.15, -0.1) is 11.3 Å². The summed E-state index contributed by atoms with van der Waals surface area (Å²) >= 11 is 8.85. The number of nitrogens with zero attached hydrogens (tertiary/aromatic N) is 3. The molecule has 1 aromatic carbocycles. The van der Waals surface area contributed by atoms with Crippen molar-refractivity contribution in [3.63, 3.8) is 0 Å². The highest BCUT2D eigenvalue weighted by Crippen LogP contribution is 2.35. The Balaban J connectivity index is 1.62. The summed E-state index contributed by atoms with van der Waals surface area (Å²) in [6.07, 6.45) is 4.19. The van der Waals surface area contributed by atoms with Gasteiger partial charge in [0.25, 0.3) is 5.56 Å². The van der Waals surface area contributed by atoms with Crippen LogP contribution in [0.15, 0.2) is 28.2 Å². The maximum Gasteiger partial charge on any atom is 0.263 e. The largest absolute Gasteiger partial charge is 0.324 e. The highest BCUT2D eigenvalue weighted by Gasteiger charge is 2.23. The van der Waals surface area contributed by atoms with Crippen LogP contribution in [0.1, 0.15) is 42.7 Å². The fraction of sp³-hybridized carbons (Fsp3) is 0.391. The molecule has 0 atom stereocenters. The van der Waals surface area contributed by atoms with E-state index in [9.17, 15) is 14.9 Å². The first kappa shape index (κ1) is 22.8. The Bertz CT molecular complexity index is 1290. The Morgan fingerprint density at radius 1 is 1.38 bits per heavy atom. The first-order valence-corrected chi connectivity index (χ1v) is 12.7. The summed E-state index contributed by atoms with van der Waals surface area (Å²) in [6.45, 7) is 4.66. The van der Waals surface area contributed by atoms with Crippen molar-refractivity contribution in [3.05, 3.63) is 49.6 Å². The summed E-state index contributed by atoms with van der Waals surface area (Å²) < 4.78 is 1.71. The van der Waals surface area contributed by atoms with E-state index in [1.54, 1.807) is 34.1 Å². The van der Waals surface area contributed by atoms with Gasteiger partial charge in [-0.2, -0.15) is 5.26 Å². The fourth-order valence-electron chi connectivity index (χ4n) is 3.89. The van der Waals surface area contributed by atoms with Gasteiger partial charge in [-0.1, -0.05) is 37.2 Å². The zero-order valence-electron chi connectivity index (χ0n) is 17.9. The number of amides is 1. The molecule has 0 bridgehead atoms. The average molecular weight is 487 g/mol. The van der Waals surface area contributed by atoms with Crippen molar-refractivity contribution in [1.29, 1.82) is 5.26 Å². The summed E-state index contributed by atoms with van der Waals surface area (Å²) in [7, 11) is 0. The van der Waals surface area contributed by atoms with Gasteiger partial charge in [-0.05, 0) is 55.4 Å². The molecule has 1 aliphatic rings. The normalized spacial score (nSPS) is 13.2. The lowest BCUT2D eigenvalue weighted by Crippen LogP contribution is -2.26. The van der Waals surface area contributed by atoms with Crippen molar-refractivity contribution >= 4 is 56.5 Å². The summed E-state index contributed by atoms with van der Waals surface area (Å²) in [5.74, 6) is 0.0438. The van der Waals surface area contributed by atoms with Gasteiger partial charge in [0.1, 0.15) is 10.9 Å². The second-order valence-corrected chi connectivity index (χ2v) is 10.7. The van der Waals surface area contributed by atoms with Crippen LogP contribution in [0.25, 0.3) is 10.2 Å². The third-order valence-corrected chi connectivity index (χ3v) is 7.69. The van der Waals surface area contributed by atoms with Gasteiger partial charge in [-0.25, -0.2) is 4.98 Å². The summed E-state index contributed by atoms with van der Waals surface area (Å²) in [5, 5.41) is 13.7. The van der Waals surface area contributed by atoms with Crippen LogP contribution in [-0.2, 0) is 24.2 Å². The van der Waals surface area contributed by atoms with Crippen LogP contribution in [0.5, 0.6) is 0 Å². The van der Waals surface area contributed by atoms with E-state index >= 15 is 0 Å². The average Bonchev–Trinajstić information content (AvgIpc) is 3.13. The lowest BCUT2D eigenvalue weighted by Gasteiger charge is -2.15. The van der Waals surface area contributed by atoms with Gasteiger partial charge in [0.05, 0.1) is 22.4 Å². The molecule has 0 saturated heterocycles. The number of carbonyl (C=O) groups excluding carboxylic acids is 1. The predicted octanol–water partition coefficient (Wildman–Crippen LogP) is 5.25. The first-order valence-electron chi connectivity index (χ1n) is 10.5.